The van der Waals surface area contributed by atoms with E-state index in [1.54, 1.807) is 11.6 Å². The second-order valence-electron chi connectivity index (χ2n) is 6.24. The Morgan fingerprint density at radius 1 is 1.29 bits per heavy atom. The number of imidazole rings is 1. The largest absolute Gasteiger partial charge is 0.382 e. The van der Waals surface area contributed by atoms with E-state index in [-0.39, 0.29) is 5.82 Å². The number of ether oxygens (including phenoxy) is 1. The Hall–Kier alpha value is -1.85. The lowest BCUT2D eigenvalue weighted by atomic mass is 10.0. The first-order valence-electron chi connectivity index (χ1n) is 7.84. The summed E-state index contributed by atoms with van der Waals surface area (Å²) >= 11 is 0. The summed E-state index contributed by atoms with van der Waals surface area (Å²) in [7, 11) is 1.63. The van der Waals surface area contributed by atoms with Crippen LogP contribution in [-0.2, 0) is 4.74 Å². The summed E-state index contributed by atoms with van der Waals surface area (Å²) in [4.78, 5) is 12.3. The monoisotopic (exact) mass is 337 g/mol. The number of aliphatic hydroxyl groups excluding tert-OH is 2. The fourth-order valence-electron chi connectivity index (χ4n) is 2.96. The highest BCUT2D eigenvalue weighted by molar-refractivity contribution is 5.81. The summed E-state index contributed by atoms with van der Waals surface area (Å²) in [5.74, 6) is 0.574. The van der Waals surface area contributed by atoms with E-state index < -0.39 is 24.8 Å². The summed E-state index contributed by atoms with van der Waals surface area (Å²) in [6.07, 6.45) is 0.0707. The van der Waals surface area contributed by atoms with Gasteiger partial charge in [0.15, 0.2) is 23.9 Å². The molecule has 0 spiro atoms. The Balaban J connectivity index is 1.99. The maximum atomic E-state index is 10.6. The number of nitrogens with zero attached hydrogens (tertiary/aromatic N) is 5. The number of hydrazine groups is 1. The lowest BCUT2D eigenvalue weighted by molar-refractivity contribution is -0.298. The van der Waals surface area contributed by atoms with Gasteiger partial charge in [-0.2, -0.15) is 5.01 Å². The van der Waals surface area contributed by atoms with Crippen LogP contribution in [0.3, 0.4) is 0 Å². The highest BCUT2D eigenvalue weighted by Crippen LogP contribution is 2.32. The van der Waals surface area contributed by atoms with Gasteiger partial charge < -0.3 is 20.7 Å². The summed E-state index contributed by atoms with van der Waals surface area (Å²) in [6.45, 7) is 4.08. The van der Waals surface area contributed by atoms with Crippen LogP contribution in [-0.4, -0.2) is 60.3 Å². The molecule has 10 heteroatoms. The van der Waals surface area contributed by atoms with E-state index in [1.165, 1.54) is 17.7 Å². The van der Waals surface area contributed by atoms with Crippen molar-refractivity contribution in [3.05, 3.63) is 12.7 Å². The molecule has 0 radical (unpaired) electrons. The lowest BCUT2D eigenvalue weighted by Crippen LogP contribution is -2.62. The minimum atomic E-state index is -1.14. The minimum absolute atomic E-state index is 0.258. The van der Waals surface area contributed by atoms with Gasteiger partial charge in [0.25, 0.3) is 0 Å². The first kappa shape index (κ1) is 17.0. The maximum Gasteiger partial charge on any atom is 0.178 e. The first-order valence-corrected chi connectivity index (χ1v) is 7.84. The number of anilines is 1. The number of morpholine rings is 1. The molecule has 0 bridgehead atoms. The number of nitrogens with one attached hydrogen (secondary N) is 1. The highest BCUT2D eigenvalue weighted by atomic mass is 16.6. The number of rotatable bonds is 4. The number of fused-ring (bicyclic) bond motifs is 1. The number of nitrogen functional groups attached to an aromatic ring is 1. The van der Waals surface area contributed by atoms with Crippen molar-refractivity contribution in [2.45, 2.75) is 45.1 Å². The van der Waals surface area contributed by atoms with Crippen molar-refractivity contribution in [3.8, 4) is 0 Å². The average molecular weight is 337 g/mol. The Morgan fingerprint density at radius 3 is 2.71 bits per heavy atom. The van der Waals surface area contributed by atoms with Crippen molar-refractivity contribution in [2.75, 3.05) is 12.8 Å². The van der Waals surface area contributed by atoms with Crippen LogP contribution in [0.4, 0.5) is 5.82 Å². The van der Waals surface area contributed by atoms with E-state index in [4.69, 9.17) is 10.5 Å². The van der Waals surface area contributed by atoms with Crippen molar-refractivity contribution >= 4 is 17.0 Å². The summed E-state index contributed by atoms with van der Waals surface area (Å²) in [6, 6.07) is 0. The van der Waals surface area contributed by atoms with E-state index in [2.05, 4.69) is 20.4 Å². The van der Waals surface area contributed by atoms with Crippen molar-refractivity contribution in [1.82, 2.24) is 30.0 Å². The minimum Gasteiger partial charge on any atom is -0.382 e. The Kier molecular flexibility index (Phi) is 4.65. The normalized spacial score (nSPS) is 28.8. The summed E-state index contributed by atoms with van der Waals surface area (Å²) in [5.41, 5.74) is 9.53. The molecule has 2 aromatic rings. The molecule has 10 nitrogen and oxygen atoms in total. The molecule has 24 heavy (non-hydrogen) atoms. The first-order chi connectivity index (χ1) is 11.4. The topological polar surface area (TPSA) is 135 Å². The van der Waals surface area contributed by atoms with Crippen LogP contribution in [0, 0.1) is 5.92 Å². The number of aromatic nitrogens is 4. The fraction of sp³-hybridized carbons (Fsp3) is 0.643. The molecule has 0 saturated carbocycles. The average Bonchev–Trinajstić information content (AvgIpc) is 2.95. The van der Waals surface area contributed by atoms with Gasteiger partial charge in [0.1, 0.15) is 24.2 Å². The second-order valence-corrected chi connectivity index (χ2v) is 6.24. The molecule has 3 heterocycles. The molecule has 132 valence electrons. The van der Waals surface area contributed by atoms with Crippen molar-refractivity contribution in [1.29, 1.82) is 0 Å². The van der Waals surface area contributed by atoms with Crippen LogP contribution < -0.4 is 11.2 Å². The maximum absolute atomic E-state index is 10.6. The van der Waals surface area contributed by atoms with Gasteiger partial charge in [-0.05, 0) is 19.4 Å². The summed E-state index contributed by atoms with van der Waals surface area (Å²) < 4.78 is 7.59. The quantitative estimate of drug-likeness (QED) is 0.578. The van der Waals surface area contributed by atoms with Crippen molar-refractivity contribution in [3.63, 3.8) is 0 Å². The molecule has 4 atom stereocenters. The van der Waals surface area contributed by atoms with Gasteiger partial charge in [0.2, 0.25) is 0 Å². The van der Waals surface area contributed by atoms with E-state index in [9.17, 15) is 10.2 Å². The van der Waals surface area contributed by atoms with Crippen molar-refractivity contribution in [2.24, 2.45) is 5.92 Å². The van der Waals surface area contributed by atoms with Gasteiger partial charge in [-0.1, -0.05) is 13.8 Å². The molecule has 1 aliphatic rings. The molecule has 1 saturated heterocycles. The van der Waals surface area contributed by atoms with Crippen LogP contribution in [0.5, 0.6) is 0 Å². The SMILES string of the molecule is CNN1C(O)C(CC(C)C)O[C@@H](n2cnc3c(N)ncnc32)C1O. The van der Waals surface area contributed by atoms with Gasteiger partial charge >= 0.3 is 0 Å². The fourth-order valence-corrected chi connectivity index (χ4v) is 2.96. The highest BCUT2D eigenvalue weighted by Gasteiger charge is 2.43. The van der Waals surface area contributed by atoms with Crippen molar-refractivity contribution < 1.29 is 14.9 Å². The van der Waals surface area contributed by atoms with Crippen LogP contribution >= 0.6 is 0 Å². The molecule has 0 aliphatic carbocycles. The van der Waals surface area contributed by atoms with Crippen LogP contribution in [0.2, 0.25) is 0 Å². The molecule has 3 rings (SSSR count). The molecule has 0 amide bonds. The second kappa shape index (κ2) is 6.57. The van der Waals surface area contributed by atoms with E-state index in [0.717, 1.165) is 0 Å². The zero-order chi connectivity index (χ0) is 17.4. The third kappa shape index (κ3) is 2.82. The number of hydrogen-bond donors (Lipinski definition) is 4. The Morgan fingerprint density at radius 2 is 2.04 bits per heavy atom. The zero-order valence-electron chi connectivity index (χ0n) is 13.9. The van der Waals surface area contributed by atoms with Gasteiger partial charge in [-0.25, -0.2) is 15.0 Å². The Bertz CT molecular complexity index is 707. The lowest BCUT2D eigenvalue weighted by Gasteiger charge is -2.45. The summed E-state index contributed by atoms with van der Waals surface area (Å²) in [5, 5.41) is 22.4. The van der Waals surface area contributed by atoms with E-state index >= 15 is 0 Å². The standard InChI is InChI=1S/C14H23N7O3/c1-7(2)4-8-12(22)21(16-3)13(23)14(24-8)20-6-19-9-10(15)17-5-18-11(9)20/h5-8,12-14,16,22-23H,4H2,1-3H3,(H2,15,17,18)/t8?,12?,13?,14-/m1/s1. The molecule has 3 unspecified atom stereocenters. The van der Waals surface area contributed by atoms with Crippen LogP contribution in [0.1, 0.15) is 26.5 Å². The molecular weight excluding hydrogens is 314 g/mol. The van der Waals surface area contributed by atoms with E-state index in [0.29, 0.717) is 23.5 Å². The molecule has 5 N–H and O–H groups in total. The Labute approximate surface area is 139 Å². The third-order valence-corrected chi connectivity index (χ3v) is 4.09. The molecule has 1 fully saturated rings. The zero-order valence-corrected chi connectivity index (χ0v) is 13.9. The van der Waals surface area contributed by atoms with Gasteiger partial charge in [-0.15, -0.1) is 0 Å². The van der Waals surface area contributed by atoms with Crippen LogP contribution in [0.15, 0.2) is 12.7 Å². The molecule has 2 aromatic heterocycles. The molecule has 0 aromatic carbocycles. The van der Waals surface area contributed by atoms with Gasteiger partial charge in [-0.3, -0.25) is 9.99 Å². The van der Waals surface area contributed by atoms with Gasteiger partial charge in [0.05, 0.1) is 6.33 Å². The molecular formula is C14H23N7O3. The van der Waals surface area contributed by atoms with Gasteiger partial charge in [0, 0.05) is 0 Å². The predicted octanol–water partition coefficient (Wildman–Crippen LogP) is -0.575. The molecule has 1 aliphatic heterocycles. The number of nitrogens with two attached hydrogens (primary N) is 1. The smallest absolute Gasteiger partial charge is 0.178 e. The predicted molar refractivity (Wildman–Crippen MR) is 86.0 cm³/mol. The third-order valence-electron chi connectivity index (χ3n) is 4.09. The van der Waals surface area contributed by atoms with Crippen LogP contribution in [0.25, 0.3) is 11.2 Å². The number of aliphatic hydroxyl groups is 2. The number of hydrogen-bond acceptors (Lipinski definition) is 9. The van der Waals surface area contributed by atoms with E-state index in [1.807, 2.05) is 13.8 Å².